The molecule has 2 rings (SSSR count). The number of benzene rings is 1. The van der Waals surface area contributed by atoms with Crippen molar-refractivity contribution in [3.05, 3.63) is 50.4 Å². The maximum absolute atomic E-state index is 12.3. The third-order valence-corrected chi connectivity index (χ3v) is 6.26. The molecule has 1 aliphatic carbocycles. The molecule has 0 saturated heterocycles. The summed E-state index contributed by atoms with van der Waals surface area (Å²) in [6.45, 7) is 3.48. The highest BCUT2D eigenvalue weighted by atomic mass is 79.9. The lowest BCUT2D eigenvalue weighted by atomic mass is 10.1. The third kappa shape index (κ3) is 3.41. The van der Waals surface area contributed by atoms with Gasteiger partial charge in [0.15, 0.2) is 5.78 Å². The number of carbonyl (C=O) groups excluding carboxylic acids is 1. The highest BCUT2D eigenvalue weighted by Gasteiger charge is 2.24. The number of Topliss-reactive ketones (excluding diaryl/α,β-unsaturated/α-hetero) is 1. The predicted molar refractivity (Wildman–Crippen MR) is 89.4 cm³/mol. The molecule has 0 amide bonds. The van der Waals surface area contributed by atoms with E-state index in [0.29, 0.717) is 10.1 Å². The van der Waals surface area contributed by atoms with Crippen molar-refractivity contribution in [1.82, 2.24) is 0 Å². The second-order valence-corrected chi connectivity index (χ2v) is 7.74. The van der Waals surface area contributed by atoms with Crippen molar-refractivity contribution in [2.45, 2.75) is 18.7 Å². The van der Waals surface area contributed by atoms with E-state index in [1.807, 2.05) is 6.92 Å². The lowest BCUT2D eigenvalue weighted by molar-refractivity contribution is -0.111. The lowest BCUT2D eigenvalue weighted by Gasteiger charge is -2.11. The minimum Gasteiger partial charge on any atom is -0.288 e. The van der Waals surface area contributed by atoms with Gasteiger partial charge in [0.2, 0.25) is 0 Å². The van der Waals surface area contributed by atoms with E-state index in [4.69, 9.17) is 0 Å². The van der Waals surface area contributed by atoms with E-state index in [-0.39, 0.29) is 20.9 Å². The van der Waals surface area contributed by atoms with Gasteiger partial charge >= 0.3 is 0 Å². The fourth-order valence-corrected chi connectivity index (χ4v) is 3.68. The van der Waals surface area contributed by atoms with E-state index in [1.54, 1.807) is 19.1 Å². The zero-order chi connectivity index (χ0) is 15.8. The van der Waals surface area contributed by atoms with Crippen LogP contribution in [0.5, 0.6) is 0 Å². The molecule has 0 saturated carbocycles. The number of allylic oxidation sites excluding steroid dienone is 4. The number of ketones is 1. The fraction of sp³-hybridized carbons (Fsp3) is 0.143. The highest BCUT2D eigenvalue weighted by molar-refractivity contribution is 9.14. The Morgan fingerprint density at radius 1 is 1.00 bits per heavy atom. The van der Waals surface area contributed by atoms with Gasteiger partial charge in [0.1, 0.15) is 0 Å². The second-order valence-electron chi connectivity index (χ2n) is 4.55. The van der Waals surface area contributed by atoms with Crippen molar-refractivity contribution in [3.8, 4) is 0 Å². The van der Waals surface area contributed by atoms with E-state index >= 15 is 0 Å². The third-order valence-electron chi connectivity index (χ3n) is 2.87. The molecule has 1 aromatic rings. The molecule has 0 N–H and O–H groups in total. The Kier molecular flexibility index (Phi) is 4.65. The zero-order valence-electron chi connectivity index (χ0n) is 11.2. The molecule has 1 aliphatic rings. The lowest BCUT2D eigenvalue weighted by Crippen LogP contribution is -2.14. The summed E-state index contributed by atoms with van der Waals surface area (Å²) in [6, 6.07) is 6.43. The average Bonchev–Trinajstić information content (AvgIpc) is 2.42. The van der Waals surface area contributed by atoms with Crippen LogP contribution in [-0.4, -0.2) is 19.9 Å². The SMILES string of the molecule is CC1=C/C(=N/S(=O)(=O)c2ccc(C)cc2)C(Br)=C(Br)C1=O. The number of halogens is 2. The van der Waals surface area contributed by atoms with Gasteiger partial charge in [0, 0.05) is 0 Å². The van der Waals surface area contributed by atoms with Crippen LogP contribution in [-0.2, 0) is 14.8 Å². The van der Waals surface area contributed by atoms with E-state index < -0.39 is 10.0 Å². The summed E-state index contributed by atoms with van der Waals surface area (Å²) in [6.07, 6.45) is 1.45. The minimum atomic E-state index is -3.83. The smallest absolute Gasteiger partial charge is 0.282 e. The Morgan fingerprint density at radius 3 is 2.14 bits per heavy atom. The fourth-order valence-electron chi connectivity index (χ4n) is 1.68. The van der Waals surface area contributed by atoms with Crippen molar-refractivity contribution < 1.29 is 13.2 Å². The van der Waals surface area contributed by atoms with Crippen LogP contribution in [0, 0.1) is 6.92 Å². The highest BCUT2D eigenvalue weighted by Crippen LogP contribution is 2.29. The Labute approximate surface area is 140 Å². The van der Waals surface area contributed by atoms with E-state index in [0.717, 1.165) is 5.56 Å². The summed E-state index contributed by atoms with van der Waals surface area (Å²) in [5.74, 6) is -0.200. The van der Waals surface area contributed by atoms with Crippen molar-refractivity contribution >= 4 is 53.4 Å². The molecule has 0 bridgehead atoms. The number of nitrogens with zero attached hydrogens (tertiary/aromatic N) is 1. The number of sulfonamides is 1. The van der Waals surface area contributed by atoms with Gasteiger partial charge < -0.3 is 0 Å². The number of hydrogen-bond acceptors (Lipinski definition) is 3. The first kappa shape index (κ1) is 16.3. The number of hydrogen-bond donors (Lipinski definition) is 0. The van der Waals surface area contributed by atoms with Gasteiger partial charge in [-0.3, -0.25) is 4.79 Å². The quantitative estimate of drug-likeness (QED) is 0.670. The minimum absolute atomic E-state index is 0.111. The van der Waals surface area contributed by atoms with E-state index in [2.05, 4.69) is 36.3 Å². The van der Waals surface area contributed by atoms with Crippen LogP contribution < -0.4 is 0 Å². The van der Waals surface area contributed by atoms with Crippen LogP contribution in [0.25, 0.3) is 0 Å². The molecule has 7 heteroatoms. The molecule has 1 aromatic carbocycles. The molecule has 0 atom stereocenters. The van der Waals surface area contributed by atoms with Crippen LogP contribution >= 0.6 is 31.9 Å². The van der Waals surface area contributed by atoms with Gasteiger partial charge in [-0.25, -0.2) is 0 Å². The summed E-state index contributed by atoms with van der Waals surface area (Å²) in [5.41, 5.74) is 1.58. The molecule has 110 valence electrons. The first-order valence-electron chi connectivity index (χ1n) is 5.92. The summed E-state index contributed by atoms with van der Waals surface area (Å²) < 4.78 is 29.0. The summed E-state index contributed by atoms with van der Waals surface area (Å²) in [5, 5.41) is 0. The molecule has 0 spiro atoms. The summed E-state index contributed by atoms with van der Waals surface area (Å²) >= 11 is 6.34. The molecule has 0 unspecified atom stereocenters. The molecule has 0 aliphatic heterocycles. The van der Waals surface area contributed by atoms with Gasteiger partial charge in [-0.1, -0.05) is 17.7 Å². The summed E-state index contributed by atoms with van der Waals surface area (Å²) in [7, 11) is -3.83. The molecule has 0 heterocycles. The average molecular weight is 433 g/mol. The van der Waals surface area contributed by atoms with Gasteiger partial charge in [-0.15, -0.1) is 0 Å². The Balaban J connectivity index is 2.52. The monoisotopic (exact) mass is 431 g/mol. The van der Waals surface area contributed by atoms with Gasteiger partial charge in [0.05, 0.1) is 19.6 Å². The number of rotatable bonds is 2. The van der Waals surface area contributed by atoms with Crippen LogP contribution in [0.4, 0.5) is 0 Å². The van der Waals surface area contributed by atoms with Crippen LogP contribution in [0.15, 0.2) is 54.2 Å². The molecular formula is C14H11Br2NO3S. The van der Waals surface area contributed by atoms with E-state index in [9.17, 15) is 13.2 Å². The molecule has 0 aromatic heterocycles. The first-order chi connectivity index (χ1) is 9.72. The van der Waals surface area contributed by atoms with Crippen molar-refractivity contribution in [2.75, 3.05) is 0 Å². The molecule has 21 heavy (non-hydrogen) atoms. The van der Waals surface area contributed by atoms with Gasteiger partial charge in [-0.05, 0) is 69.5 Å². The summed E-state index contributed by atoms with van der Waals surface area (Å²) in [4.78, 5) is 11.9. The topological polar surface area (TPSA) is 63.6 Å². The molecule has 4 nitrogen and oxygen atoms in total. The zero-order valence-corrected chi connectivity index (χ0v) is 15.2. The Morgan fingerprint density at radius 2 is 1.57 bits per heavy atom. The molecule has 0 radical (unpaired) electrons. The predicted octanol–water partition coefficient (Wildman–Crippen LogP) is 3.66. The second kappa shape index (κ2) is 5.98. The Hall–Kier alpha value is -1.05. The number of aryl methyl sites for hydroxylation is 1. The maximum atomic E-state index is 12.3. The standard InChI is InChI=1S/C14H11Br2NO3S/c1-8-3-5-10(6-4-8)21(19,20)17-11-7-9(2)14(18)13(16)12(11)15/h3-7H,1-2H3/b17-11-. The van der Waals surface area contributed by atoms with Gasteiger partial charge in [0.25, 0.3) is 10.0 Å². The van der Waals surface area contributed by atoms with E-state index in [1.165, 1.54) is 18.2 Å². The maximum Gasteiger partial charge on any atom is 0.282 e. The van der Waals surface area contributed by atoms with Crippen LogP contribution in [0.3, 0.4) is 0 Å². The Bertz CT molecular complexity index is 803. The normalized spacial score (nSPS) is 18.2. The number of carbonyl (C=O) groups is 1. The van der Waals surface area contributed by atoms with Crippen LogP contribution in [0.1, 0.15) is 12.5 Å². The first-order valence-corrected chi connectivity index (χ1v) is 8.95. The molecule has 0 fully saturated rings. The largest absolute Gasteiger partial charge is 0.288 e. The van der Waals surface area contributed by atoms with Crippen molar-refractivity contribution in [1.29, 1.82) is 0 Å². The molecular weight excluding hydrogens is 422 g/mol. The van der Waals surface area contributed by atoms with Crippen LogP contribution in [0.2, 0.25) is 0 Å². The van der Waals surface area contributed by atoms with Gasteiger partial charge in [-0.2, -0.15) is 12.8 Å². The van der Waals surface area contributed by atoms with Crippen molar-refractivity contribution in [3.63, 3.8) is 0 Å². The van der Waals surface area contributed by atoms with Crippen molar-refractivity contribution in [2.24, 2.45) is 4.40 Å².